The molecule has 0 fully saturated rings. The standard InChI is InChI=1S/C31H22F4N2O5S.C2H6/c1-40-27-22(7-4-8-25(27)42-16-17-5-3-6-19(13-17)31(39)41-2)30-37(29(38)26-23(34)14-21(33)15-24(26)35)36-28(43-30)18-9-11-20(32)12-10-18;1-2/h3-15,30H,16H2,1-2H3;1-2H3. The normalized spacial score (nSPS) is 13.8. The number of para-hydroxylation sites is 1. The zero-order chi connectivity index (χ0) is 32.7. The van der Waals surface area contributed by atoms with Crippen LogP contribution in [0.2, 0.25) is 0 Å². The van der Waals surface area contributed by atoms with E-state index in [4.69, 9.17) is 14.2 Å². The molecule has 0 saturated heterocycles. The Kier molecular flexibility index (Phi) is 10.8. The Morgan fingerprint density at radius 3 is 2.18 bits per heavy atom. The fourth-order valence-electron chi connectivity index (χ4n) is 4.38. The van der Waals surface area contributed by atoms with E-state index in [1.54, 1.807) is 42.5 Å². The molecule has 4 aromatic carbocycles. The molecule has 0 saturated carbocycles. The average Bonchev–Trinajstić information content (AvgIpc) is 3.49. The third-order valence-corrected chi connectivity index (χ3v) is 7.60. The maximum atomic E-state index is 14.7. The van der Waals surface area contributed by atoms with Crippen LogP contribution in [-0.2, 0) is 11.3 Å². The summed E-state index contributed by atoms with van der Waals surface area (Å²) in [6.45, 7) is 4.04. The molecular formula is C33H28F4N2O5S. The molecule has 5 rings (SSSR count). The number of carbonyl (C=O) groups is 2. The number of halogens is 4. The zero-order valence-electron chi connectivity index (χ0n) is 24.6. The molecule has 234 valence electrons. The van der Waals surface area contributed by atoms with Gasteiger partial charge in [0, 0.05) is 23.3 Å². The van der Waals surface area contributed by atoms with Gasteiger partial charge in [0.15, 0.2) is 11.5 Å². The van der Waals surface area contributed by atoms with E-state index in [0.717, 1.165) is 16.8 Å². The minimum absolute atomic E-state index is 0.0361. The van der Waals surface area contributed by atoms with Crippen LogP contribution in [0.4, 0.5) is 17.6 Å². The van der Waals surface area contributed by atoms with Crippen LogP contribution in [0, 0.1) is 23.3 Å². The molecule has 1 aliphatic heterocycles. The molecule has 1 amide bonds. The summed E-state index contributed by atoms with van der Waals surface area (Å²) in [5.74, 6) is -5.66. The molecule has 45 heavy (non-hydrogen) atoms. The topological polar surface area (TPSA) is 77.4 Å². The fourth-order valence-corrected chi connectivity index (χ4v) is 5.56. The Labute approximate surface area is 261 Å². The first-order valence-electron chi connectivity index (χ1n) is 13.7. The first kappa shape index (κ1) is 33.1. The lowest BCUT2D eigenvalue weighted by atomic mass is 10.1. The highest BCUT2D eigenvalue weighted by molar-refractivity contribution is 8.14. The predicted molar refractivity (Wildman–Crippen MR) is 162 cm³/mol. The van der Waals surface area contributed by atoms with Crippen molar-refractivity contribution in [1.29, 1.82) is 0 Å². The van der Waals surface area contributed by atoms with Gasteiger partial charge in [-0.05, 0) is 48.0 Å². The summed E-state index contributed by atoms with van der Waals surface area (Å²) in [5, 5.41) is 4.44. The van der Waals surface area contributed by atoms with Crippen LogP contribution in [0.15, 0.2) is 84.0 Å². The van der Waals surface area contributed by atoms with E-state index in [0.29, 0.717) is 34.4 Å². The molecular weight excluding hydrogens is 612 g/mol. The van der Waals surface area contributed by atoms with Gasteiger partial charge < -0.3 is 14.2 Å². The summed E-state index contributed by atoms with van der Waals surface area (Å²) < 4.78 is 73.0. The molecule has 0 N–H and O–H groups in total. The van der Waals surface area contributed by atoms with Gasteiger partial charge in [-0.2, -0.15) is 5.10 Å². The lowest BCUT2D eigenvalue weighted by molar-refractivity contribution is 0.0600. The number of rotatable bonds is 8. The molecule has 1 unspecified atom stereocenters. The third-order valence-electron chi connectivity index (χ3n) is 6.39. The molecule has 0 bridgehead atoms. The molecule has 1 atom stereocenters. The largest absolute Gasteiger partial charge is 0.492 e. The first-order valence-corrected chi connectivity index (χ1v) is 14.5. The van der Waals surface area contributed by atoms with Crippen molar-refractivity contribution in [2.24, 2.45) is 5.10 Å². The van der Waals surface area contributed by atoms with Crippen LogP contribution in [0.3, 0.4) is 0 Å². The van der Waals surface area contributed by atoms with Gasteiger partial charge in [0.1, 0.15) is 45.9 Å². The molecule has 0 aromatic heterocycles. The Morgan fingerprint density at radius 1 is 0.867 bits per heavy atom. The Morgan fingerprint density at radius 2 is 1.53 bits per heavy atom. The maximum Gasteiger partial charge on any atom is 0.337 e. The van der Waals surface area contributed by atoms with Gasteiger partial charge in [-0.25, -0.2) is 27.4 Å². The second-order valence-electron chi connectivity index (χ2n) is 9.14. The van der Waals surface area contributed by atoms with Crippen molar-refractivity contribution >= 4 is 28.7 Å². The van der Waals surface area contributed by atoms with Gasteiger partial charge in [-0.15, -0.1) is 0 Å². The van der Waals surface area contributed by atoms with Crippen LogP contribution < -0.4 is 9.47 Å². The summed E-state index contributed by atoms with van der Waals surface area (Å²) in [6.07, 6.45) is 0. The minimum atomic E-state index is -1.39. The van der Waals surface area contributed by atoms with Crippen LogP contribution in [0.1, 0.15) is 56.6 Å². The summed E-state index contributed by atoms with van der Waals surface area (Å²) in [5.41, 5.74) is 0.820. The van der Waals surface area contributed by atoms with Crippen molar-refractivity contribution < 1.29 is 41.4 Å². The van der Waals surface area contributed by atoms with E-state index >= 15 is 0 Å². The summed E-state index contributed by atoms with van der Waals surface area (Å²) in [4.78, 5) is 25.5. The fraction of sp³-hybridized carbons (Fsp3) is 0.182. The van der Waals surface area contributed by atoms with Crippen molar-refractivity contribution in [2.45, 2.75) is 25.8 Å². The predicted octanol–water partition coefficient (Wildman–Crippen LogP) is 7.89. The summed E-state index contributed by atoms with van der Waals surface area (Å²) in [6, 6.07) is 17.7. The molecule has 12 heteroatoms. The SMILES string of the molecule is CC.COC(=O)c1cccc(COc2cccc(C3SC(c4ccc(F)cc4)=NN3C(=O)c3c(F)cc(F)cc3F)c2OC)c1. The first-order chi connectivity index (χ1) is 21.7. The van der Waals surface area contributed by atoms with E-state index in [1.165, 1.54) is 38.5 Å². The van der Waals surface area contributed by atoms with Gasteiger partial charge in [0.25, 0.3) is 5.91 Å². The number of methoxy groups -OCH3 is 2. The molecule has 0 aliphatic carbocycles. The highest BCUT2D eigenvalue weighted by Gasteiger charge is 2.39. The Hall–Kier alpha value is -4.84. The second kappa shape index (κ2) is 14.8. The van der Waals surface area contributed by atoms with Crippen molar-refractivity contribution in [3.05, 3.63) is 130 Å². The molecule has 0 radical (unpaired) electrons. The number of benzene rings is 4. The zero-order valence-corrected chi connectivity index (χ0v) is 25.5. The van der Waals surface area contributed by atoms with E-state index in [1.807, 2.05) is 13.8 Å². The maximum absolute atomic E-state index is 14.7. The lowest BCUT2D eigenvalue weighted by Crippen LogP contribution is -2.28. The number of esters is 1. The number of amides is 1. The number of thioether (sulfide) groups is 1. The van der Waals surface area contributed by atoms with Gasteiger partial charge in [-0.3, -0.25) is 4.79 Å². The van der Waals surface area contributed by atoms with Crippen molar-refractivity contribution in [3.63, 3.8) is 0 Å². The smallest absolute Gasteiger partial charge is 0.337 e. The highest BCUT2D eigenvalue weighted by atomic mass is 32.2. The quantitative estimate of drug-likeness (QED) is 0.144. The van der Waals surface area contributed by atoms with E-state index < -0.39 is 46.1 Å². The van der Waals surface area contributed by atoms with Gasteiger partial charge in [-0.1, -0.05) is 49.9 Å². The van der Waals surface area contributed by atoms with Crippen molar-refractivity contribution in [3.8, 4) is 11.5 Å². The Bertz CT molecular complexity index is 1710. The monoisotopic (exact) mass is 640 g/mol. The van der Waals surface area contributed by atoms with Crippen molar-refractivity contribution in [2.75, 3.05) is 14.2 Å². The van der Waals surface area contributed by atoms with Crippen LogP contribution in [0.25, 0.3) is 0 Å². The number of hydrazone groups is 1. The number of hydrogen-bond donors (Lipinski definition) is 0. The van der Waals surface area contributed by atoms with E-state index in [9.17, 15) is 27.2 Å². The lowest BCUT2D eigenvalue weighted by Gasteiger charge is -2.24. The van der Waals surface area contributed by atoms with Crippen LogP contribution >= 0.6 is 11.8 Å². The summed E-state index contributed by atoms with van der Waals surface area (Å²) in [7, 11) is 2.66. The van der Waals surface area contributed by atoms with E-state index in [-0.39, 0.29) is 23.1 Å². The molecule has 0 spiro atoms. The average molecular weight is 641 g/mol. The third kappa shape index (κ3) is 7.28. The highest BCUT2D eigenvalue weighted by Crippen LogP contribution is 2.48. The van der Waals surface area contributed by atoms with Crippen molar-refractivity contribution in [1.82, 2.24) is 5.01 Å². The van der Waals surface area contributed by atoms with Gasteiger partial charge in [0.2, 0.25) is 0 Å². The number of hydrogen-bond acceptors (Lipinski definition) is 7. The number of ether oxygens (including phenoxy) is 3. The molecule has 4 aromatic rings. The number of carbonyl (C=O) groups excluding carboxylic acids is 2. The molecule has 1 heterocycles. The van der Waals surface area contributed by atoms with Crippen LogP contribution in [-0.4, -0.2) is 36.1 Å². The summed E-state index contributed by atoms with van der Waals surface area (Å²) >= 11 is 1.06. The second-order valence-corrected chi connectivity index (χ2v) is 10.2. The van der Waals surface area contributed by atoms with E-state index in [2.05, 4.69) is 5.10 Å². The minimum Gasteiger partial charge on any atom is -0.492 e. The molecule has 1 aliphatic rings. The number of nitrogens with zero attached hydrogens (tertiary/aromatic N) is 2. The Balaban J connectivity index is 0.00000226. The van der Waals surface area contributed by atoms with Gasteiger partial charge in [0.05, 0.1) is 19.8 Å². The molecule has 7 nitrogen and oxygen atoms in total. The van der Waals surface area contributed by atoms with Crippen LogP contribution in [0.5, 0.6) is 11.5 Å². The van der Waals surface area contributed by atoms with Gasteiger partial charge >= 0.3 is 5.97 Å².